The van der Waals surface area contributed by atoms with E-state index in [1.165, 1.54) is 0 Å². The first-order valence-electron chi connectivity index (χ1n) is 8.23. The van der Waals surface area contributed by atoms with Crippen molar-refractivity contribution in [2.45, 2.75) is 0 Å². The van der Waals surface area contributed by atoms with Crippen LogP contribution in [0.2, 0.25) is 0 Å². The molecule has 0 spiro atoms. The van der Waals surface area contributed by atoms with Crippen LogP contribution in [-0.2, 0) is 0 Å². The van der Waals surface area contributed by atoms with Gasteiger partial charge in [-0.1, -0.05) is 54.6 Å². The van der Waals surface area contributed by atoms with Gasteiger partial charge in [0.1, 0.15) is 17.6 Å². The van der Waals surface area contributed by atoms with E-state index in [1.54, 1.807) is 30.3 Å². The zero-order valence-corrected chi connectivity index (χ0v) is 14.1. The molecule has 0 fully saturated rings. The van der Waals surface area contributed by atoms with E-state index >= 15 is 0 Å². The first-order chi connectivity index (χ1) is 13.1. The molecule has 5 heteroatoms. The van der Waals surface area contributed by atoms with Gasteiger partial charge >= 0.3 is 0 Å². The van der Waals surface area contributed by atoms with Crippen LogP contribution in [0.4, 0.5) is 0 Å². The van der Waals surface area contributed by atoms with Gasteiger partial charge in [-0.2, -0.15) is 5.26 Å². The van der Waals surface area contributed by atoms with E-state index in [0.717, 1.165) is 16.7 Å². The highest BCUT2D eigenvalue weighted by molar-refractivity contribution is 6.00. The summed E-state index contributed by atoms with van der Waals surface area (Å²) in [6, 6.07) is 21.6. The maximum atomic E-state index is 10.5. The van der Waals surface area contributed by atoms with Crippen LogP contribution < -0.4 is 0 Å². The lowest BCUT2D eigenvalue weighted by Crippen LogP contribution is -1.90. The van der Waals surface area contributed by atoms with Crippen molar-refractivity contribution in [1.82, 2.24) is 4.98 Å². The molecular formula is C22H14N2O3. The largest absolute Gasteiger partial charge is 0.507 e. The third-order valence-electron chi connectivity index (χ3n) is 4.49. The van der Waals surface area contributed by atoms with Crippen LogP contribution in [0, 0.1) is 11.3 Å². The Morgan fingerprint density at radius 1 is 0.741 bits per heavy atom. The molecule has 0 aliphatic heterocycles. The number of aromatic hydroxyl groups is 3. The van der Waals surface area contributed by atoms with E-state index in [0.29, 0.717) is 16.5 Å². The number of phenols is 1. The maximum absolute atomic E-state index is 10.5. The Labute approximate surface area is 155 Å². The van der Waals surface area contributed by atoms with Crippen molar-refractivity contribution in [3.63, 3.8) is 0 Å². The Hall–Kier alpha value is -4.04. The van der Waals surface area contributed by atoms with E-state index in [9.17, 15) is 20.6 Å². The van der Waals surface area contributed by atoms with Crippen LogP contribution >= 0.6 is 0 Å². The lowest BCUT2D eigenvalue weighted by atomic mass is 9.96. The third kappa shape index (κ3) is 2.70. The molecule has 0 amide bonds. The first-order valence-corrected chi connectivity index (χ1v) is 8.23. The number of hydrogen-bond donors (Lipinski definition) is 3. The molecule has 0 aliphatic carbocycles. The van der Waals surface area contributed by atoms with Crippen LogP contribution in [0.25, 0.3) is 33.2 Å². The van der Waals surface area contributed by atoms with Gasteiger partial charge in [-0.25, -0.2) is 4.98 Å². The number of pyridine rings is 1. The number of rotatable bonds is 2. The Bertz CT molecular complexity index is 1210. The summed E-state index contributed by atoms with van der Waals surface area (Å²) in [7, 11) is 0. The van der Waals surface area contributed by atoms with E-state index in [4.69, 9.17) is 0 Å². The zero-order valence-electron chi connectivity index (χ0n) is 14.1. The lowest BCUT2D eigenvalue weighted by molar-refractivity contribution is 0.437. The average Bonchev–Trinajstić information content (AvgIpc) is 2.68. The second-order valence-corrected chi connectivity index (χ2v) is 6.07. The zero-order chi connectivity index (χ0) is 19.0. The minimum atomic E-state index is -0.491. The fourth-order valence-corrected chi connectivity index (χ4v) is 3.17. The van der Waals surface area contributed by atoms with Gasteiger partial charge in [-0.05, 0) is 28.8 Å². The topological polar surface area (TPSA) is 97.4 Å². The third-order valence-corrected chi connectivity index (χ3v) is 4.49. The van der Waals surface area contributed by atoms with Gasteiger partial charge in [-0.15, -0.1) is 0 Å². The summed E-state index contributed by atoms with van der Waals surface area (Å²) in [5.74, 6) is -0.582. The summed E-state index contributed by atoms with van der Waals surface area (Å²) in [6.45, 7) is 0. The van der Waals surface area contributed by atoms with Crippen molar-refractivity contribution in [2.75, 3.05) is 0 Å². The number of fused-ring (bicyclic) bond motifs is 1. The predicted octanol–water partition coefficient (Wildman–Crippen LogP) is 4.56. The SMILES string of the molecule is N#Cc1c(O)nc2cccc(-c3ccc(-c4ccccc4O)cc3)c2c1O. The van der Waals surface area contributed by atoms with Gasteiger partial charge in [0.15, 0.2) is 5.56 Å². The Morgan fingerprint density at radius 3 is 2.04 bits per heavy atom. The van der Waals surface area contributed by atoms with Crippen molar-refractivity contribution in [1.29, 1.82) is 5.26 Å². The molecule has 1 aromatic heterocycles. The van der Waals surface area contributed by atoms with Crippen molar-refractivity contribution >= 4 is 10.9 Å². The Balaban J connectivity index is 1.88. The van der Waals surface area contributed by atoms with Crippen LogP contribution in [0.1, 0.15) is 5.56 Å². The van der Waals surface area contributed by atoms with Crippen LogP contribution in [-0.4, -0.2) is 20.3 Å². The average molecular weight is 354 g/mol. The van der Waals surface area contributed by atoms with E-state index < -0.39 is 5.88 Å². The molecule has 1 heterocycles. The van der Waals surface area contributed by atoms with Crippen molar-refractivity contribution < 1.29 is 15.3 Å². The van der Waals surface area contributed by atoms with Crippen LogP contribution in [0.3, 0.4) is 0 Å². The molecule has 5 nitrogen and oxygen atoms in total. The van der Waals surface area contributed by atoms with Gasteiger partial charge in [0, 0.05) is 5.56 Å². The van der Waals surface area contributed by atoms with Crippen molar-refractivity contribution in [3.05, 3.63) is 72.3 Å². The van der Waals surface area contributed by atoms with Crippen molar-refractivity contribution in [3.8, 4) is 45.7 Å². The monoisotopic (exact) mass is 354 g/mol. The summed E-state index contributed by atoms with van der Waals surface area (Å²) >= 11 is 0. The summed E-state index contributed by atoms with van der Waals surface area (Å²) in [5.41, 5.74) is 3.23. The van der Waals surface area contributed by atoms with Gasteiger partial charge in [0.2, 0.25) is 5.88 Å². The summed E-state index contributed by atoms with van der Waals surface area (Å²) < 4.78 is 0. The molecule has 0 saturated carbocycles. The standard InChI is InChI=1S/C22H14N2O3/c23-12-17-21(26)20-16(5-3-6-18(20)24-22(17)27)14-10-8-13(9-11-14)15-4-1-2-7-19(15)25/h1-11,25H,(H2,24,26,27). The molecule has 3 N–H and O–H groups in total. The number of nitriles is 1. The summed E-state index contributed by atoms with van der Waals surface area (Å²) in [5, 5.41) is 39.9. The highest BCUT2D eigenvalue weighted by atomic mass is 16.3. The molecule has 3 aromatic carbocycles. The quantitative estimate of drug-likeness (QED) is 0.490. The number of aromatic nitrogens is 1. The van der Waals surface area contributed by atoms with Crippen LogP contribution in [0.15, 0.2) is 66.7 Å². The second-order valence-electron chi connectivity index (χ2n) is 6.07. The second kappa shape index (κ2) is 6.36. The maximum Gasteiger partial charge on any atom is 0.233 e. The molecule has 0 unspecified atom stereocenters. The minimum absolute atomic E-state index is 0.200. The Kier molecular flexibility index (Phi) is 3.87. The summed E-state index contributed by atoms with van der Waals surface area (Å²) in [4.78, 5) is 4.01. The normalized spacial score (nSPS) is 10.6. The molecular weight excluding hydrogens is 340 g/mol. The van der Waals surface area contributed by atoms with Gasteiger partial charge < -0.3 is 15.3 Å². The van der Waals surface area contributed by atoms with Gasteiger partial charge in [0.05, 0.1) is 10.9 Å². The first kappa shape index (κ1) is 16.4. The predicted molar refractivity (Wildman–Crippen MR) is 102 cm³/mol. The van der Waals surface area contributed by atoms with E-state index in [2.05, 4.69) is 4.98 Å². The fourth-order valence-electron chi connectivity index (χ4n) is 3.17. The summed E-state index contributed by atoms with van der Waals surface area (Å²) in [6.07, 6.45) is 0. The molecule has 0 aliphatic rings. The number of phenolic OH excluding ortho intramolecular Hbond substituents is 1. The number of nitrogens with zero attached hydrogens (tertiary/aromatic N) is 2. The number of para-hydroxylation sites is 1. The highest BCUT2D eigenvalue weighted by Crippen LogP contribution is 2.39. The molecule has 0 radical (unpaired) electrons. The van der Waals surface area contributed by atoms with Crippen LogP contribution in [0.5, 0.6) is 17.4 Å². The smallest absolute Gasteiger partial charge is 0.233 e. The highest BCUT2D eigenvalue weighted by Gasteiger charge is 2.17. The number of hydrogen-bond acceptors (Lipinski definition) is 5. The molecule has 4 aromatic rings. The molecule has 0 atom stereocenters. The molecule has 4 rings (SSSR count). The van der Waals surface area contributed by atoms with Gasteiger partial charge in [-0.3, -0.25) is 0 Å². The Morgan fingerprint density at radius 2 is 1.37 bits per heavy atom. The molecule has 0 bridgehead atoms. The fraction of sp³-hybridized carbons (Fsp3) is 0. The number of benzene rings is 3. The van der Waals surface area contributed by atoms with Gasteiger partial charge in [0.25, 0.3) is 0 Å². The van der Waals surface area contributed by atoms with E-state index in [1.807, 2.05) is 42.5 Å². The molecule has 130 valence electrons. The molecule has 0 saturated heterocycles. The minimum Gasteiger partial charge on any atom is -0.507 e. The van der Waals surface area contributed by atoms with Crippen molar-refractivity contribution in [2.24, 2.45) is 0 Å². The lowest BCUT2D eigenvalue weighted by Gasteiger charge is -2.11. The molecule has 27 heavy (non-hydrogen) atoms. The van der Waals surface area contributed by atoms with E-state index in [-0.39, 0.29) is 17.1 Å².